The fourth-order valence-electron chi connectivity index (χ4n) is 2.88. The van der Waals surface area contributed by atoms with Gasteiger partial charge in [-0.05, 0) is 53.4 Å². The van der Waals surface area contributed by atoms with Gasteiger partial charge in [-0.3, -0.25) is 4.79 Å². The van der Waals surface area contributed by atoms with E-state index in [4.69, 9.17) is 0 Å². The summed E-state index contributed by atoms with van der Waals surface area (Å²) >= 11 is 3.33. The Morgan fingerprint density at radius 2 is 2.33 bits per heavy atom. The minimum atomic E-state index is 0.0544. The van der Waals surface area contributed by atoms with E-state index < -0.39 is 0 Å². The molecule has 96 valence electrons. The molecule has 2 aliphatic heterocycles. The SMILES string of the molecule is O=C(c1ccc(Br)cn1)N1CC2CCCNC2C1. The molecule has 0 aromatic carbocycles. The van der Waals surface area contributed by atoms with Crippen molar-refractivity contribution in [1.29, 1.82) is 0 Å². The number of pyridine rings is 1. The molecule has 2 atom stereocenters. The summed E-state index contributed by atoms with van der Waals surface area (Å²) in [5.74, 6) is 0.678. The molecule has 1 N–H and O–H groups in total. The molecule has 1 aromatic heterocycles. The van der Waals surface area contributed by atoms with Crippen molar-refractivity contribution in [1.82, 2.24) is 15.2 Å². The Hall–Kier alpha value is -0.940. The molecule has 3 heterocycles. The van der Waals surface area contributed by atoms with Gasteiger partial charge in [-0.25, -0.2) is 4.98 Å². The van der Waals surface area contributed by atoms with Crippen LogP contribution in [0, 0.1) is 5.92 Å². The smallest absolute Gasteiger partial charge is 0.272 e. The third-order valence-corrected chi connectivity index (χ3v) is 4.30. The van der Waals surface area contributed by atoms with Gasteiger partial charge < -0.3 is 10.2 Å². The summed E-state index contributed by atoms with van der Waals surface area (Å²) in [6, 6.07) is 4.13. The van der Waals surface area contributed by atoms with Gasteiger partial charge in [0.05, 0.1) is 0 Å². The van der Waals surface area contributed by atoms with E-state index in [-0.39, 0.29) is 5.91 Å². The van der Waals surface area contributed by atoms with E-state index in [1.54, 1.807) is 12.3 Å². The largest absolute Gasteiger partial charge is 0.335 e. The topological polar surface area (TPSA) is 45.2 Å². The zero-order chi connectivity index (χ0) is 12.5. The maximum Gasteiger partial charge on any atom is 0.272 e. The van der Waals surface area contributed by atoms with Crippen LogP contribution in [0.3, 0.4) is 0 Å². The van der Waals surface area contributed by atoms with E-state index in [0.29, 0.717) is 17.7 Å². The van der Waals surface area contributed by atoms with Crippen LogP contribution in [0.4, 0.5) is 0 Å². The molecule has 1 aromatic rings. The van der Waals surface area contributed by atoms with E-state index in [0.717, 1.165) is 24.1 Å². The van der Waals surface area contributed by atoms with Gasteiger partial charge in [0.25, 0.3) is 5.91 Å². The lowest BCUT2D eigenvalue weighted by atomic mass is 9.94. The fraction of sp³-hybridized carbons (Fsp3) is 0.538. The van der Waals surface area contributed by atoms with Gasteiger partial charge in [0.2, 0.25) is 0 Å². The second-order valence-corrected chi connectivity index (χ2v) is 5.95. The van der Waals surface area contributed by atoms with Crippen LogP contribution in [0.2, 0.25) is 0 Å². The molecule has 0 spiro atoms. The summed E-state index contributed by atoms with van der Waals surface area (Å²) in [5.41, 5.74) is 0.539. The van der Waals surface area contributed by atoms with Crippen LogP contribution in [0.1, 0.15) is 23.3 Å². The molecule has 5 heteroatoms. The number of aromatic nitrogens is 1. The Morgan fingerprint density at radius 1 is 1.44 bits per heavy atom. The van der Waals surface area contributed by atoms with Gasteiger partial charge in [-0.2, -0.15) is 0 Å². The number of carbonyl (C=O) groups excluding carboxylic acids is 1. The highest BCUT2D eigenvalue weighted by Gasteiger charge is 2.36. The molecule has 0 radical (unpaired) electrons. The molecule has 0 saturated carbocycles. The standard InChI is InChI=1S/C13H16BrN3O/c14-10-3-4-11(16-6-10)13(18)17-7-9-2-1-5-15-12(9)8-17/h3-4,6,9,12,15H,1-2,5,7-8H2. The molecule has 2 unspecified atom stereocenters. The number of likely N-dealkylation sites (tertiary alicyclic amines) is 1. The molecule has 2 aliphatic rings. The maximum atomic E-state index is 12.3. The van der Waals surface area contributed by atoms with Crippen molar-refractivity contribution in [2.75, 3.05) is 19.6 Å². The van der Waals surface area contributed by atoms with Crippen molar-refractivity contribution >= 4 is 21.8 Å². The van der Waals surface area contributed by atoms with Gasteiger partial charge in [-0.15, -0.1) is 0 Å². The number of piperidine rings is 1. The lowest BCUT2D eigenvalue weighted by molar-refractivity contribution is 0.0780. The van der Waals surface area contributed by atoms with Gasteiger partial charge in [0.1, 0.15) is 5.69 Å². The molecule has 3 rings (SSSR count). The predicted molar refractivity (Wildman–Crippen MR) is 72.4 cm³/mol. The number of halogens is 1. The van der Waals surface area contributed by atoms with Crippen LogP contribution in [0.25, 0.3) is 0 Å². The molecule has 2 fully saturated rings. The summed E-state index contributed by atoms with van der Waals surface area (Å²) in [5, 5.41) is 3.50. The lowest BCUT2D eigenvalue weighted by Gasteiger charge is -2.24. The first kappa shape index (κ1) is 12.1. The number of rotatable bonds is 1. The number of amides is 1. The summed E-state index contributed by atoms with van der Waals surface area (Å²) in [4.78, 5) is 18.4. The molecular formula is C13H16BrN3O. The monoisotopic (exact) mass is 309 g/mol. The van der Waals surface area contributed by atoms with Gasteiger partial charge >= 0.3 is 0 Å². The predicted octanol–water partition coefficient (Wildman–Crippen LogP) is 1.67. The first-order valence-corrected chi connectivity index (χ1v) is 7.17. The first-order chi connectivity index (χ1) is 8.74. The van der Waals surface area contributed by atoms with E-state index in [2.05, 4.69) is 26.2 Å². The number of fused-ring (bicyclic) bond motifs is 1. The molecular weight excluding hydrogens is 294 g/mol. The Labute approximate surface area is 115 Å². The number of carbonyl (C=O) groups is 1. The van der Waals surface area contributed by atoms with Crippen molar-refractivity contribution in [3.05, 3.63) is 28.5 Å². The van der Waals surface area contributed by atoms with Crippen LogP contribution >= 0.6 is 15.9 Å². The van der Waals surface area contributed by atoms with Gasteiger partial charge in [-0.1, -0.05) is 0 Å². The number of hydrogen-bond donors (Lipinski definition) is 1. The normalized spacial score (nSPS) is 27.1. The quantitative estimate of drug-likeness (QED) is 0.858. The third kappa shape index (κ3) is 2.29. The zero-order valence-corrected chi connectivity index (χ0v) is 11.7. The fourth-order valence-corrected chi connectivity index (χ4v) is 3.11. The van der Waals surface area contributed by atoms with Crippen LogP contribution in [0.15, 0.2) is 22.8 Å². The molecule has 4 nitrogen and oxygen atoms in total. The minimum Gasteiger partial charge on any atom is -0.335 e. The molecule has 18 heavy (non-hydrogen) atoms. The number of nitrogens with one attached hydrogen (secondary N) is 1. The van der Waals surface area contributed by atoms with Crippen molar-refractivity contribution < 1.29 is 4.79 Å². The van der Waals surface area contributed by atoms with Crippen LogP contribution in [-0.2, 0) is 0 Å². The van der Waals surface area contributed by atoms with Crippen LogP contribution in [0.5, 0.6) is 0 Å². The van der Waals surface area contributed by atoms with Crippen molar-refractivity contribution in [3.63, 3.8) is 0 Å². The Morgan fingerprint density at radius 3 is 3.06 bits per heavy atom. The van der Waals surface area contributed by atoms with E-state index in [9.17, 15) is 4.79 Å². The average molecular weight is 310 g/mol. The molecule has 1 amide bonds. The Kier molecular flexibility index (Phi) is 3.35. The van der Waals surface area contributed by atoms with Crippen LogP contribution in [-0.4, -0.2) is 41.5 Å². The van der Waals surface area contributed by atoms with E-state index >= 15 is 0 Å². The second kappa shape index (κ2) is 4.97. The van der Waals surface area contributed by atoms with Gasteiger partial charge in [0.15, 0.2) is 0 Å². The average Bonchev–Trinajstić information content (AvgIpc) is 2.82. The number of hydrogen-bond acceptors (Lipinski definition) is 3. The maximum absolute atomic E-state index is 12.3. The summed E-state index contributed by atoms with van der Waals surface area (Å²) in [7, 11) is 0. The first-order valence-electron chi connectivity index (χ1n) is 6.38. The third-order valence-electron chi connectivity index (χ3n) is 3.83. The highest BCUT2D eigenvalue weighted by atomic mass is 79.9. The Bertz CT molecular complexity index is 434. The summed E-state index contributed by atoms with van der Waals surface area (Å²) in [6.45, 7) is 2.77. The molecule has 0 aliphatic carbocycles. The summed E-state index contributed by atoms with van der Waals surface area (Å²) < 4.78 is 0.899. The lowest BCUT2D eigenvalue weighted by Crippen LogP contribution is -2.41. The zero-order valence-electron chi connectivity index (χ0n) is 10.1. The second-order valence-electron chi connectivity index (χ2n) is 5.03. The number of nitrogens with zero attached hydrogens (tertiary/aromatic N) is 2. The molecule has 0 bridgehead atoms. The van der Waals surface area contributed by atoms with Crippen molar-refractivity contribution in [3.8, 4) is 0 Å². The van der Waals surface area contributed by atoms with Crippen molar-refractivity contribution in [2.45, 2.75) is 18.9 Å². The summed E-state index contributed by atoms with van der Waals surface area (Å²) in [6.07, 6.45) is 4.13. The van der Waals surface area contributed by atoms with Gasteiger partial charge in [0, 0.05) is 29.8 Å². The van der Waals surface area contributed by atoms with E-state index in [1.807, 2.05) is 11.0 Å². The Balaban J connectivity index is 1.72. The highest BCUT2D eigenvalue weighted by Crippen LogP contribution is 2.25. The van der Waals surface area contributed by atoms with E-state index in [1.165, 1.54) is 12.8 Å². The van der Waals surface area contributed by atoms with Crippen molar-refractivity contribution in [2.24, 2.45) is 5.92 Å². The highest BCUT2D eigenvalue weighted by molar-refractivity contribution is 9.10. The minimum absolute atomic E-state index is 0.0544. The molecule has 2 saturated heterocycles. The van der Waals surface area contributed by atoms with Crippen LogP contribution < -0.4 is 5.32 Å².